The number of fused-ring (bicyclic) bond motifs is 1. The summed E-state index contributed by atoms with van der Waals surface area (Å²) in [5.41, 5.74) is 6.05. The highest BCUT2D eigenvalue weighted by atomic mass is 15.0. The molecule has 2 heteroatoms. The first-order valence-corrected chi connectivity index (χ1v) is 4.87. The van der Waals surface area contributed by atoms with E-state index >= 15 is 0 Å². The first kappa shape index (κ1) is 7.56. The molecule has 2 rings (SSSR count). The number of piperidine rings is 1. The normalized spacial score (nSPS) is 45.0. The van der Waals surface area contributed by atoms with Gasteiger partial charge in [0.1, 0.15) is 0 Å². The molecule has 0 spiro atoms. The molecule has 2 nitrogen and oxygen atoms in total. The third-order valence-electron chi connectivity index (χ3n) is 3.25. The molecule has 2 aliphatic rings. The summed E-state index contributed by atoms with van der Waals surface area (Å²) in [6.07, 6.45) is 6.70. The van der Waals surface area contributed by atoms with Crippen LogP contribution in [0, 0.1) is 5.92 Å². The highest BCUT2D eigenvalue weighted by molar-refractivity contribution is 4.91. The summed E-state index contributed by atoms with van der Waals surface area (Å²) >= 11 is 0. The molecule has 1 saturated carbocycles. The van der Waals surface area contributed by atoms with Crippen LogP contribution >= 0.6 is 0 Å². The fourth-order valence-corrected chi connectivity index (χ4v) is 2.57. The Morgan fingerprint density at radius 2 is 1.91 bits per heavy atom. The number of hydrogen-bond donors (Lipinski definition) is 2. The number of nitrogens with one attached hydrogen (secondary N) is 1. The first-order valence-electron chi connectivity index (χ1n) is 4.87. The minimum atomic E-state index is 0.488. The van der Waals surface area contributed by atoms with Gasteiger partial charge in [-0.3, -0.25) is 0 Å². The maximum Gasteiger partial charge on any atom is 0.0110 e. The van der Waals surface area contributed by atoms with E-state index in [-0.39, 0.29) is 0 Å². The zero-order valence-corrected chi connectivity index (χ0v) is 7.05. The lowest BCUT2D eigenvalue weighted by atomic mass is 9.77. The van der Waals surface area contributed by atoms with E-state index in [0.29, 0.717) is 6.04 Å². The predicted octanol–water partition coefficient (Wildman–Crippen LogP) is 0.866. The molecule has 0 unspecified atom stereocenters. The summed E-state index contributed by atoms with van der Waals surface area (Å²) in [5, 5.41) is 3.57. The van der Waals surface area contributed by atoms with Crippen LogP contribution in [0.4, 0.5) is 0 Å². The fourth-order valence-electron chi connectivity index (χ4n) is 2.57. The van der Waals surface area contributed by atoms with Crippen molar-refractivity contribution in [2.75, 3.05) is 6.54 Å². The standard InChI is InChI=1S/C9H18N2/c10-8-5-6-11-9-4-2-1-3-7(8)9/h7-9,11H,1-6,10H2/t7-,8-,9-/m1/s1. The fraction of sp³-hybridized carbons (Fsp3) is 1.00. The molecule has 11 heavy (non-hydrogen) atoms. The monoisotopic (exact) mass is 154 g/mol. The molecular formula is C9H18N2. The topological polar surface area (TPSA) is 38.0 Å². The van der Waals surface area contributed by atoms with Crippen molar-refractivity contribution in [1.29, 1.82) is 0 Å². The summed E-state index contributed by atoms with van der Waals surface area (Å²) in [5.74, 6) is 0.789. The molecule has 3 N–H and O–H groups in total. The Kier molecular flexibility index (Phi) is 2.14. The Hall–Kier alpha value is -0.0800. The van der Waals surface area contributed by atoms with Crippen LogP contribution < -0.4 is 11.1 Å². The van der Waals surface area contributed by atoms with E-state index < -0.39 is 0 Å². The minimum Gasteiger partial charge on any atom is -0.327 e. The average molecular weight is 154 g/mol. The summed E-state index contributed by atoms with van der Waals surface area (Å²) in [7, 11) is 0. The van der Waals surface area contributed by atoms with Crippen LogP contribution in [0.1, 0.15) is 32.1 Å². The van der Waals surface area contributed by atoms with Crippen molar-refractivity contribution in [2.45, 2.75) is 44.2 Å². The van der Waals surface area contributed by atoms with Gasteiger partial charge in [-0.05, 0) is 31.7 Å². The highest BCUT2D eigenvalue weighted by Crippen LogP contribution is 2.29. The molecule has 0 radical (unpaired) electrons. The summed E-state index contributed by atoms with van der Waals surface area (Å²) in [6.45, 7) is 1.14. The smallest absolute Gasteiger partial charge is 0.0110 e. The van der Waals surface area contributed by atoms with Crippen molar-refractivity contribution in [3.8, 4) is 0 Å². The van der Waals surface area contributed by atoms with E-state index in [2.05, 4.69) is 5.32 Å². The van der Waals surface area contributed by atoms with Crippen molar-refractivity contribution in [3.63, 3.8) is 0 Å². The maximum absolute atomic E-state index is 6.05. The molecular weight excluding hydrogens is 136 g/mol. The van der Waals surface area contributed by atoms with Gasteiger partial charge in [0.25, 0.3) is 0 Å². The lowest BCUT2D eigenvalue weighted by Gasteiger charge is -2.40. The molecule has 0 bridgehead atoms. The van der Waals surface area contributed by atoms with Gasteiger partial charge in [-0.15, -0.1) is 0 Å². The SMILES string of the molecule is N[C@@H]1CCN[C@@H]2CCCC[C@H]12. The van der Waals surface area contributed by atoms with Crippen LogP contribution in [0.3, 0.4) is 0 Å². The van der Waals surface area contributed by atoms with E-state index in [1.807, 2.05) is 0 Å². The van der Waals surface area contributed by atoms with Gasteiger partial charge in [-0.1, -0.05) is 12.8 Å². The van der Waals surface area contributed by atoms with Crippen LogP contribution in [-0.4, -0.2) is 18.6 Å². The third kappa shape index (κ3) is 1.42. The number of rotatable bonds is 0. The number of nitrogens with two attached hydrogens (primary N) is 1. The zero-order chi connectivity index (χ0) is 7.68. The van der Waals surface area contributed by atoms with Gasteiger partial charge in [0.15, 0.2) is 0 Å². The molecule has 0 aromatic heterocycles. The van der Waals surface area contributed by atoms with Gasteiger partial charge in [0.05, 0.1) is 0 Å². The van der Waals surface area contributed by atoms with Crippen LogP contribution in [0.25, 0.3) is 0 Å². The Balaban J connectivity index is 1.99. The van der Waals surface area contributed by atoms with Crippen molar-refractivity contribution in [1.82, 2.24) is 5.32 Å². The predicted molar refractivity (Wildman–Crippen MR) is 46.3 cm³/mol. The van der Waals surface area contributed by atoms with Gasteiger partial charge in [0, 0.05) is 12.1 Å². The van der Waals surface area contributed by atoms with E-state index in [4.69, 9.17) is 5.73 Å². The highest BCUT2D eigenvalue weighted by Gasteiger charge is 2.32. The van der Waals surface area contributed by atoms with E-state index in [9.17, 15) is 0 Å². The van der Waals surface area contributed by atoms with Crippen LogP contribution in [-0.2, 0) is 0 Å². The molecule has 3 atom stereocenters. The van der Waals surface area contributed by atoms with Gasteiger partial charge >= 0.3 is 0 Å². The molecule has 64 valence electrons. The summed E-state index contributed by atoms with van der Waals surface area (Å²) in [6, 6.07) is 1.24. The number of hydrogen-bond acceptors (Lipinski definition) is 2. The quantitative estimate of drug-likeness (QED) is 0.543. The van der Waals surface area contributed by atoms with Gasteiger partial charge in [-0.25, -0.2) is 0 Å². The molecule has 1 aliphatic heterocycles. The Labute approximate surface area is 68.5 Å². The van der Waals surface area contributed by atoms with Gasteiger partial charge < -0.3 is 11.1 Å². The van der Waals surface area contributed by atoms with Gasteiger partial charge in [0.2, 0.25) is 0 Å². The molecule has 0 aromatic rings. The third-order valence-corrected chi connectivity index (χ3v) is 3.25. The van der Waals surface area contributed by atoms with E-state index in [1.54, 1.807) is 0 Å². The van der Waals surface area contributed by atoms with Crippen LogP contribution in [0.2, 0.25) is 0 Å². The molecule has 0 amide bonds. The average Bonchev–Trinajstić information content (AvgIpc) is 2.06. The van der Waals surface area contributed by atoms with Crippen LogP contribution in [0.15, 0.2) is 0 Å². The second-order valence-electron chi connectivity index (χ2n) is 3.96. The Bertz CT molecular complexity index is 134. The molecule has 1 heterocycles. The largest absolute Gasteiger partial charge is 0.327 e. The molecule has 1 saturated heterocycles. The lowest BCUT2D eigenvalue weighted by molar-refractivity contribution is 0.185. The van der Waals surface area contributed by atoms with E-state index in [1.165, 1.54) is 32.1 Å². The molecule has 2 fully saturated rings. The second kappa shape index (κ2) is 3.11. The maximum atomic E-state index is 6.05. The van der Waals surface area contributed by atoms with Crippen molar-refractivity contribution < 1.29 is 0 Å². The molecule has 1 aliphatic carbocycles. The first-order chi connectivity index (χ1) is 5.38. The zero-order valence-electron chi connectivity index (χ0n) is 7.05. The molecule has 0 aromatic carbocycles. The summed E-state index contributed by atoms with van der Waals surface area (Å²) < 4.78 is 0. The lowest BCUT2D eigenvalue weighted by Crippen LogP contribution is -2.53. The van der Waals surface area contributed by atoms with Crippen LogP contribution in [0.5, 0.6) is 0 Å². The van der Waals surface area contributed by atoms with Crippen molar-refractivity contribution >= 4 is 0 Å². The summed E-state index contributed by atoms with van der Waals surface area (Å²) in [4.78, 5) is 0. The van der Waals surface area contributed by atoms with Crippen molar-refractivity contribution in [2.24, 2.45) is 11.7 Å². The van der Waals surface area contributed by atoms with Gasteiger partial charge in [-0.2, -0.15) is 0 Å². The Morgan fingerprint density at radius 3 is 2.73 bits per heavy atom. The van der Waals surface area contributed by atoms with Crippen molar-refractivity contribution in [3.05, 3.63) is 0 Å². The van der Waals surface area contributed by atoms with E-state index in [0.717, 1.165) is 18.5 Å². The second-order valence-corrected chi connectivity index (χ2v) is 3.96. The Morgan fingerprint density at radius 1 is 1.09 bits per heavy atom. The minimum absolute atomic E-state index is 0.488.